The summed E-state index contributed by atoms with van der Waals surface area (Å²) in [6.07, 6.45) is 2.60. The lowest BCUT2D eigenvalue weighted by Crippen LogP contribution is -2.63. The molecule has 1 aromatic heterocycles. The first kappa shape index (κ1) is 27.2. The number of hydrogen-bond acceptors (Lipinski definition) is 11. The third kappa shape index (κ3) is 6.05. The standard InChI is InChI=1S/C23H30N2O8S2/c1-4-5-6-8-31-23(30)33-12-32-22(29)19-20(34-9-7-16-15(10-26)24-11-35-16)13(2)18-17(14(3)27)21(28)25(18)19/h7,9,11,13-14,17-18,26-27H,4-6,8,10,12H2,1-3H3/t13-,14-,17-,18-/m1/s1. The van der Waals surface area contributed by atoms with Crippen molar-refractivity contribution in [2.24, 2.45) is 11.8 Å². The third-order valence-corrected chi connectivity index (χ3v) is 7.80. The molecule has 12 heteroatoms. The highest BCUT2D eigenvalue weighted by Crippen LogP contribution is 2.51. The fourth-order valence-corrected chi connectivity index (χ4v) is 5.90. The van der Waals surface area contributed by atoms with Crippen molar-refractivity contribution in [3.8, 4) is 0 Å². The maximum atomic E-state index is 12.9. The van der Waals surface area contributed by atoms with Gasteiger partial charge in [0, 0.05) is 10.8 Å². The number of esters is 1. The summed E-state index contributed by atoms with van der Waals surface area (Å²) >= 11 is 2.62. The van der Waals surface area contributed by atoms with Gasteiger partial charge in [0.15, 0.2) is 0 Å². The fraction of sp³-hybridized carbons (Fsp3) is 0.565. The van der Waals surface area contributed by atoms with E-state index < -0.39 is 30.9 Å². The molecule has 0 bridgehead atoms. The van der Waals surface area contributed by atoms with Crippen LogP contribution in [0.2, 0.25) is 0 Å². The molecule has 3 rings (SSSR count). The van der Waals surface area contributed by atoms with Crippen LogP contribution < -0.4 is 0 Å². The Morgan fingerprint density at radius 2 is 2.09 bits per heavy atom. The van der Waals surface area contributed by atoms with Crippen LogP contribution in [0.15, 0.2) is 21.5 Å². The molecule has 4 atom stereocenters. The van der Waals surface area contributed by atoms with Crippen molar-refractivity contribution in [2.45, 2.75) is 58.8 Å². The Morgan fingerprint density at radius 3 is 2.77 bits per heavy atom. The molecule has 1 amide bonds. The number of hydrogen-bond donors (Lipinski definition) is 2. The van der Waals surface area contributed by atoms with E-state index in [2.05, 4.69) is 4.98 Å². The Morgan fingerprint density at radius 1 is 1.31 bits per heavy atom. The normalized spacial score (nSPS) is 22.3. The topological polar surface area (TPSA) is 135 Å². The monoisotopic (exact) mass is 526 g/mol. The Kier molecular flexibility index (Phi) is 9.72. The smallest absolute Gasteiger partial charge is 0.434 e. The van der Waals surface area contributed by atoms with E-state index in [1.165, 1.54) is 28.0 Å². The molecule has 2 aliphatic rings. The van der Waals surface area contributed by atoms with Gasteiger partial charge in [-0.2, -0.15) is 0 Å². The van der Waals surface area contributed by atoms with E-state index >= 15 is 0 Å². The minimum atomic E-state index is -0.934. The van der Waals surface area contributed by atoms with Crippen LogP contribution in [0.4, 0.5) is 4.79 Å². The van der Waals surface area contributed by atoms with Gasteiger partial charge in [-0.3, -0.25) is 4.79 Å². The van der Waals surface area contributed by atoms with Crippen LogP contribution >= 0.6 is 23.1 Å². The van der Waals surface area contributed by atoms with Gasteiger partial charge in [0.2, 0.25) is 12.7 Å². The molecule has 35 heavy (non-hydrogen) atoms. The maximum absolute atomic E-state index is 12.9. The molecule has 2 N–H and O–H groups in total. The first-order valence-electron chi connectivity index (χ1n) is 11.4. The van der Waals surface area contributed by atoms with Crippen LogP contribution in [0.1, 0.15) is 50.6 Å². The van der Waals surface area contributed by atoms with Gasteiger partial charge in [-0.25, -0.2) is 14.6 Å². The molecule has 192 valence electrons. The van der Waals surface area contributed by atoms with Crippen molar-refractivity contribution in [1.82, 2.24) is 9.88 Å². The number of unbranched alkanes of at least 4 members (excludes halogenated alkanes) is 2. The van der Waals surface area contributed by atoms with Crippen LogP contribution in [0.5, 0.6) is 0 Å². The molecule has 1 fully saturated rings. The number of aliphatic hydroxyl groups excluding tert-OH is 2. The number of aliphatic hydroxyl groups is 2. The van der Waals surface area contributed by atoms with E-state index in [0.29, 0.717) is 17.0 Å². The van der Waals surface area contributed by atoms with Crippen molar-refractivity contribution >= 4 is 47.2 Å². The minimum absolute atomic E-state index is 0.0747. The number of fused-ring (bicyclic) bond motifs is 1. The summed E-state index contributed by atoms with van der Waals surface area (Å²) < 4.78 is 14.9. The van der Waals surface area contributed by atoms with Crippen molar-refractivity contribution in [1.29, 1.82) is 0 Å². The van der Waals surface area contributed by atoms with Gasteiger partial charge >= 0.3 is 12.1 Å². The molecule has 1 aromatic rings. The summed E-state index contributed by atoms with van der Waals surface area (Å²) in [6.45, 7) is 4.85. The van der Waals surface area contributed by atoms with Crippen LogP contribution in [0.3, 0.4) is 0 Å². The van der Waals surface area contributed by atoms with Gasteiger partial charge in [0.05, 0.1) is 47.4 Å². The fourth-order valence-electron chi connectivity index (χ4n) is 4.12. The number of aromatic nitrogens is 1. The van der Waals surface area contributed by atoms with E-state index in [1.54, 1.807) is 23.9 Å². The van der Waals surface area contributed by atoms with E-state index in [-0.39, 0.29) is 36.8 Å². The molecular formula is C23H30N2O8S2. The summed E-state index contributed by atoms with van der Waals surface area (Å²) in [4.78, 5) is 44.2. The van der Waals surface area contributed by atoms with Crippen molar-refractivity contribution in [3.63, 3.8) is 0 Å². The molecule has 0 radical (unpaired) electrons. The largest absolute Gasteiger partial charge is 0.511 e. The molecule has 1 saturated heterocycles. The molecule has 0 aliphatic carbocycles. The average molecular weight is 527 g/mol. The number of carbonyl (C=O) groups is 3. The zero-order valence-electron chi connectivity index (χ0n) is 19.8. The Hall–Kier alpha value is -2.41. The van der Waals surface area contributed by atoms with Crippen LogP contribution in [0.25, 0.3) is 6.08 Å². The summed E-state index contributed by atoms with van der Waals surface area (Å²) in [7, 11) is 0. The molecule has 10 nitrogen and oxygen atoms in total. The number of β-lactam (4-membered cyclic amide) rings is 1. The number of thioether (sulfide) groups is 1. The number of nitrogens with zero attached hydrogens (tertiary/aromatic N) is 2. The van der Waals surface area contributed by atoms with E-state index in [0.717, 1.165) is 17.7 Å². The maximum Gasteiger partial charge on any atom is 0.511 e. The number of ether oxygens (including phenoxy) is 3. The van der Waals surface area contributed by atoms with Crippen molar-refractivity contribution in [3.05, 3.63) is 32.1 Å². The lowest BCUT2D eigenvalue weighted by molar-refractivity contribution is -0.166. The summed E-state index contributed by atoms with van der Waals surface area (Å²) in [5.41, 5.74) is 2.25. The van der Waals surface area contributed by atoms with Gasteiger partial charge in [-0.15, -0.1) is 11.3 Å². The van der Waals surface area contributed by atoms with E-state index in [9.17, 15) is 24.6 Å². The van der Waals surface area contributed by atoms with Crippen molar-refractivity contribution in [2.75, 3.05) is 13.4 Å². The highest BCUT2D eigenvalue weighted by atomic mass is 32.2. The second-order valence-corrected chi connectivity index (χ2v) is 10.0. The Bertz CT molecular complexity index is 990. The summed E-state index contributed by atoms with van der Waals surface area (Å²) in [6, 6.07) is -0.373. The van der Waals surface area contributed by atoms with Crippen LogP contribution in [-0.2, 0) is 30.4 Å². The molecule has 0 spiro atoms. The van der Waals surface area contributed by atoms with Gasteiger partial charge in [0.25, 0.3) is 0 Å². The molecule has 0 saturated carbocycles. The zero-order chi connectivity index (χ0) is 25.5. The zero-order valence-corrected chi connectivity index (χ0v) is 21.5. The third-order valence-electron chi connectivity index (χ3n) is 5.87. The van der Waals surface area contributed by atoms with Gasteiger partial charge in [0.1, 0.15) is 5.70 Å². The molecule has 0 unspecified atom stereocenters. The molecule has 2 aliphatic heterocycles. The minimum Gasteiger partial charge on any atom is -0.434 e. The second kappa shape index (κ2) is 12.5. The number of thiazole rings is 1. The Labute approximate surface area is 211 Å². The van der Waals surface area contributed by atoms with Gasteiger partial charge < -0.3 is 29.3 Å². The van der Waals surface area contributed by atoms with Gasteiger partial charge in [-0.1, -0.05) is 38.5 Å². The molecule has 3 heterocycles. The van der Waals surface area contributed by atoms with Gasteiger partial charge in [-0.05, 0) is 24.8 Å². The second-order valence-electron chi connectivity index (χ2n) is 8.21. The van der Waals surface area contributed by atoms with Crippen LogP contribution in [0, 0.1) is 11.8 Å². The predicted octanol–water partition coefficient (Wildman–Crippen LogP) is 3.25. The first-order chi connectivity index (χ1) is 16.8. The quantitative estimate of drug-likeness (QED) is 0.181. The average Bonchev–Trinajstić information content (AvgIpc) is 3.37. The van der Waals surface area contributed by atoms with E-state index in [4.69, 9.17) is 14.2 Å². The van der Waals surface area contributed by atoms with Crippen molar-refractivity contribution < 1.29 is 38.8 Å². The molecular weight excluding hydrogens is 496 g/mol. The lowest BCUT2D eigenvalue weighted by Gasteiger charge is -2.46. The predicted molar refractivity (Wildman–Crippen MR) is 130 cm³/mol. The highest BCUT2D eigenvalue weighted by Gasteiger charge is 2.60. The SMILES string of the molecule is CCCCCOC(=O)OCOC(=O)C1=C(SC=Cc2scnc2CO)[C@H](C)[C@@H]2[C@@H]([C@@H](C)O)C(=O)N12. The first-order valence-corrected chi connectivity index (χ1v) is 13.2. The summed E-state index contributed by atoms with van der Waals surface area (Å²) in [5, 5.41) is 21.2. The van der Waals surface area contributed by atoms with Crippen LogP contribution in [-0.4, -0.2) is 63.7 Å². The number of rotatable bonds is 12. The van der Waals surface area contributed by atoms with E-state index in [1.807, 2.05) is 13.8 Å². The number of amides is 1. The summed E-state index contributed by atoms with van der Waals surface area (Å²) in [5.74, 6) is -2.01. The lowest BCUT2D eigenvalue weighted by atomic mass is 9.79. The number of carbonyl (C=O) groups excluding carboxylic acids is 3. The Balaban J connectivity index is 1.69. The molecule has 0 aromatic carbocycles. The highest BCUT2D eigenvalue weighted by molar-refractivity contribution is 8.06.